The standard InChI is InChI=1S/C18H20N4O4S/c1-3-22(4-2)27(25,26)13-6-8-17(23)16(10-13)21-18(24)12-5-7-14-15(9-12)20-11-19-14/h5-11,23H,3-4H2,1-2H3,(H,19,20)(H,21,24). The van der Waals surface area contributed by atoms with Crippen molar-refractivity contribution in [3.05, 3.63) is 48.3 Å². The van der Waals surface area contributed by atoms with Crippen molar-refractivity contribution in [3.8, 4) is 5.75 Å². The summed E-state index contributed by atoms with van der Waals surface area (Å²) in [5, 5.41) is 12.6. The van der Waals surface area contributed by atoms with Gasteiger partial charge in [-0.05, 0) is 36.4 Å². The van der Waals surface area contributed by atoms with E-state index >= 15 is 0 Å². The summed E-state index contributed by atoms with van der Waals surface area (Å²) < 4.78 is 26.6. The van der Waals surface area contributed by atoms with Crippen molar-refractivity contribution in [1.82, 2.24) is 14.3 Å². The van der Waals surface area contributed by atoms with Crippen molar-refractivity contribution in [2.24, 2.45) is 0 Å². The number of aromatic nitrogens is 2. The van der Waals surface area contributed by atoms with Crippen molar-refractivity contribution in [1.29, 1.82) is 0 Å². The largest absolute Gasteiger partial charge is 0.506 e. The third-order valence-corrected chi connectivity index (χ3v) is 6.29. The van der Waals surface area contributed by atoms with Crippen LogP contribution in [0, 0.1) is 0 Å². The highest BCUT2D eigenvalue weighted by atomic mass is 32.2. The summed E-state index contributed by atoms with van der Waals surface area (Å²) in [6.45, 7) is 4.14. The summed E-state index contributed by atoms with van der Waals surface area (Å²) in [4.78, 5) is 19.5. The minimum atomic E-state index is -3.70. The van der Waals surface area contributed by atoms with E-state index in [9.17, 15) is 18.3 Å². The molecular formula is C18H20N4O4S. The van der Waals surface area contributed by atoms with Crippen LogP contribution in [0.2, 0.25) is 0 Å². The molecule has 0 aliphatic carbocycles. The van der Waals surface area contributed by atoms with E-state index in [1.807, 2.05) is 0 Å². The van der Waals surface area contributed by atoms with E-state index < -0.39 is 15.9 Å². The number of H-pyrrole nitrogens is 1. The number of nitrogens with one attached hydrogen (secondary N) is 2. The monoisotopic (exact) mass is 388 g/mol. The molecular weight excluding hydrogens is 368 g/mol. The lowest BCUT2D eigenvalue weighted by molar-refractivity contribution is 0.102. The Labute approximate surface area is 156 Å². The second kappa shape index (κ2) is 7.37. The Balaban J connectivity index is 1.91. The number of carbonyl (C=O) groups excluding carboxylic acids is 1. The fraction of sp³-hybridized carbons (Fsp3) is 0.222. The van der Waals surface area contributed by atoms with E-state index in [1.165, 1.54) is 28.8 Å². The average Bonchev–Trinajstić information content (AvgIpc) is 3.11. The predicted octanol–water partition coefficient (Wildman–Crippen LogP) is 2.55. The maximum Gasteiger partial charge on any atom is 0.255 e. The highest BCUT2D eigenvalue weighted by molar-refractivity contribution is 7.89. The van der Waals surface area contributed by atoms with E-state index in [1.54, 1.807) is 32.0 Å². The van der Waals surface area contributed by atoms with Crippen molar-refractivity contribution in [3.63, 3.8) is 0 Å². The molecule has 1 heterocycles. The number of phenolic OH excluding ortho intramolecular Hbond substituents is 1. The third-order valence-electron chi connectivity index (χ3n) is 4.24. The predicted molar refractivity (Wildman–Crippen MR) is 102 cm³/mol. The molecule has 0 unspecified atom stereocenters. The van der Waals surface area contributed by atoms with Gasteiger partial charge < -0.3 is 15.4 Å². The average molecular weight is 388 g/mol. The summed E-state index contributed by atoms with van der Waals surface area (Å²) in [6, 6.07) is 8.76. The van der Waals surface area contributed by atoms with Gasteiger partial charge in [0.2, 0.25) is 10.0 Å². The van der Waals surface area contributed by atoms with Crippen molar-refractivity contribution >= 4 is 32.7 Å². The number of anilines is 1. The topological polar surface area (TPSA) is 115 Å². The van der Waals surface area contributed by atoms with Crippen LogP contribution in [0.3, 0.4) is 0 Å². The summed E-state index contributed by atoms with van der Waals surface area (Å²) in [6.07, 6.45) is 1.53. The highest BCUT2D eigenvalue weighted by Gasteiger charge is 2.23. The molecule has 3 N–H and O–H groups in total. The van der Waals surface area contributed by atoms with E-state index in [0.29, 0.717) is 24.2 Å². The van der Waals surface area contributed by atoms with Crippen molar-refractivity contribution < 1.29 is 18.3 Å². The molecule has 0 atom stereocenters. The Kier molecular flexibility index (Phi) is 5.15. The molecule has 3 rings (SSSR count). The third kappa shape index (κ3) is 3.64. The van der Waals surface area contributed by atoms with Gasteiger partial charge in [0.05, 0.1) is 27.9 Å². The van der Waals surface area contributed by atoms with Crippen LogP contribution >= 0.6 is 0 Å². The lowest BCUT2D eigenvalue weighted by Gasteiger charge is -2.19. The van der Waals surface area contributed by atoms with Gasteiger partial charge in [0.1, 0.15) is 5.75 Å². The smallest absolute Gasteiger partial charge is 0.255 e. The number of hydrogen-bond donors (Lipinski definition) is 3. The number of fused-ring (bicyclic) bond motifs is 1. The van der Waals surface area contributed by atoms with Gasteiger partial charge in [-0.1, -0.05) is 13.8 Å². The molecule has 0 fully saturated rings. The molecule has 0 bridgehead atoms. The van der Waals surface area contributed by atoms with Crippen LogP contribution in [0.25, 0.3) is 11.0 Å². The number of hydrogen-bond acceptors (Lipinski definition) is 5. The highest BCUT2D eigenvalue weighted by Crippen LogP contribution is 2.28. The van der Waals surface area contributed by atoms with Crippen LogP contribution in [0.4, 0.5) is 5.69 Å². The Morgan fingerprint density at radius 1 is 1.19 bits per heavy atom. The zero-order valence-electron chi connectivity index (χ0n) is 14.9. The fourth-order valence-corrected chi connectivity index (χ4v) is 4.24. The normalized spacial score (nSPS) is 11.8. The van der Waals surface area contributed by atoms with E-state index in [0.717, 1.165) is 5.52 Å². The molecule has 3 aromatic rings. The summed E-state index contributed by atoms with van der Waals surface area (Å²) in [5.41, 5.74) is 1.80. The molecule has 8 nitrogen and oxygen atoms in total. The van der Waals surface area contributed by atoms with E-state index in [4.69, 9.17) is 0 Å². The SMILES string of the molecule is CCN(CC)S(=O)(=O)c1ccc(O)c(NC(=O)c2ccc3nc[nH]c3c2)c1. The number of aromatic hydroxyl groups is 1. The van der Waals surface area contributed by atoms with Crippen LogP contribution < -0.4 is 5.32 Å². The number of carbonyl (C=O) groups is 1. The first-order valence-electron chi connectivity index (χ1n) is 8.44. The number of nitrogens with zero attached hydrogens (tertiary/aromatic N) is 2. The van der Waals surface area contributed by atoms with Gasteiger partial charge in [-0.15, -0.1) is 0 Å². The first-order valence-corrected chi connectivity index (χ1v) is 9.88. The zero-order valence-corrected chi connectivity index (χ0v) is 15.7. The Hall–Kier alpha value is -2.91. The first-order chi connectivity index (χ1) is 12.9. The molecule has 0 spiro atoms. The summed E-state index contributed by atoms with van der Waals surface area (Å²) in [7, 11) is -3.70. The van der Waals surface area contributed by atoms with Gasteiger partial charge >= 0.3 is 0 Å². The summed E-state index contributed by atoms with van der Waals surface area (Å²) >= 11 is 0. The molecule has 142 valence electrons. The van der Waals surface area contributed by atoms with Gasteiger partial charge in [0.25, 0.3) is 5.91 Å². The molecule has 9 heteroatoms. The molecule has 0 aliphatic heterocycles. The Bertz CT molecular complexity index is 1090. The Morgan fingerprint density at radius 2 is 1.93 bits per heavy atom. The zero-order chi connectivity index (χ0) is 19.6. The lowest BCUT2D eigenvalue weighted by atomic mass is 10.2. The number of sulfonamides is 1. The van der Waals surface area contributed by atoms with Crippen LogP contribution in [-0.2, 0) is 10.0 Å². The van der Waals surface area contributed by atoms with Gasteiger partial charge in [-0.25, -0.2) is 13.4 Å². The Morgan fingerprint density at radius 3 is 2.63 bits per heavy atom. The molecule has 2 aromatic carbocycles. The number of benzene rings is 2. The van der Waals surface area contributed by atoms with Crippen LogP contribution in [-0.4, -0.2) is 46.8 Å². The number of rotatable bonds is 6. The van der Waals surface area contributed by atoms with E-state index in [-0.39, 0.29) is 16.3 Å². The maximum atomic E-state index is 12.7. The molecule has 0 radical (unpaired) electrons. The number of imidazole rings is 1. The van der Waals surface area contributed by atoms with Gasteiger partial charge in [-0.3, -0.25) is 4.79 Å². The van der Waals surface area contributed by atoms with Crippen molar-refractivity contribution in [2.75, 3.05) is 18.4 Å². The maximum absolute atomic E-state index is 12.7. The summed E-state index contributed by atoms with van der Waals surface area (Å²) in [5.74, 6) is -0.691. The molecule has 0 aliphatic rings. The van der Waals surface area contributed by atoms with Crippen LogP contribution in [0.5, 0.6) is 5.75 Å². The first kappa shape index (κ1) is 18.9. The number of aromatic amines is 1. The number of phenols is 1. The van der Waals surface area contributed by atoms with E-state index in [2.05, 4.69) is 15.3 Å². The molecule has 27 heavy (non-hydrogen) atoms. The molecule has 0 saturated heterocycles. The molecule has 1 aromatic heterocycles. The van der Waals surface area contributed by atoms with Crippen LogP contribution in [0.1, 0.15) is 24.2 Å². The second-order valence-electron chi connectivity index (χ2n) is 5.86. The van der Waals surface area contributed by atoms with Crippen molar-refractivity contribution in [2.45, 2.75) is 18.7 Å². The molecule has 1 amide bonds. The minimum absolute atomic E-state index is 0.00307. The quantitative estimate of drug-likeness (QED) is 0.561. The fourth-order valence-electron chi connectivity index (χ4n) is 2.76. The van der Waals surface area contributed by atoms with Crippen LogP contribution in [0.15, 0.2) is 47.6 Å². The second-order valence-corrected chi connectivity index (χ2v) is 7.79. The van der Waals surface area contributed by atoms with Gasteiger partial charge in [-0.2, -0.15) is 4.31 Å². The lowest BCUT2D eigenvalue weighted by Crippen LogP contribution is -2.30. The minimum Gasteiger partial charge on any atom is -0.506 e. The number of amides is 1. The van der Waals surface area contributed by atoms with Gasteiger partial charge in [0.15, 0.2) is 0 Å². The van der Waals surface area contributed by atoms with Gasteiger partial charge in [0, 0.05) is 18.7 Å². The molecule has 0 saturated carbocycles.